The second-order valence-electron chi connectivity index (χ2n) is 7.92. The van der Waals surface area contributed by atoms with Crippen LogP contribution in [0, 0.1) is 5.41 Å². The molecule has 1 atom stereocenters. The van der Waals surface area contributed by atoms with Gasteiger partial charge in [-0.1, -0.05) is 24.3 Å². The molecule has 0 radical (unpaired) electrons. The van der Waals surface area contributed by atoms with Crippen LogP contribution >= 0.6 is 0 Å². The smallest absolute Gasteiger partial charge is 0.238 e. The fourth-order valence-corrected chi connectivity index (χ4v) is 4.04. The van der Waals surface area contributed by atoms with Gasteiger partial charge < -0.3 is 21.1 Å². The number of hydrogen-bond acceptors (Lipinski definition) is 7. The zero-order valence-electron chi connectivity index (χ0n) is 18.0. The van der Waals surface area contributed by atoms with Gasteiger partial charge in [0.05, 0.1) is 12.1 Å². The van der Waals surface area contributed by atoms with Gasteiger partial charge in [0.25, 0.3) is 0 Å². The molecule has 32 heavy (non-hydrogen) atoms. The third-order valence-electron chi connectivity index (χ3n) is 5.74. The van der Waals surface area contributed by atoms with E-state index in [0.29, 0.717) is 37.4 Å². The van der Waals surface area contributed by atoms with E-state index in [0.717, 1.165) is 28.6 Å². The van der Waals surface area contributed by atoms with E-state index in [1.807, 2.05) is 42.5 Å². The van der Waals surface area contributed by atoms with Crippen molar-refractivity contribution >= 4 is 28.5 Å². The number of piperazine rings is 1. The highest BCUT2D eigenvalue weighted by atomic mass is 16.5. The van der Waals surface area contributed by atoms with Crippen molar-refractivity contribution in [2.24, 2.45) is 5.73 Å². The van der Waals surface area contributed by atoms with Crippen LogP contribution in [0.3, 0.4) is 0 Å². The van der Waals surface area contributed by atoms with Crippen LogP contribution in [0.25, 0.3) is 10.9 Å². The van der Waals surface area contributed by atoms with Crippen LogP contribution in [-0.2, 0) is 22.5 Å². The Hall–Kier alpha value is -3.56. The van der Waals surface area contributed by atoms with E-state index < -0.39 is 0 Å². The summed E-state index contributed by atoms with van der Waals surface area (Å²) in [6.45, 7) is 2.25. The molecule has 0 saturated carbocycles. The third kappa shape index (κ3) is 4.68. The first-order chi connectivity index (χ1) is 15.4. The maximum absolute atomic E-state index is 12.9. The second-order valence-corrected chi connectivity index (χ2v) is 7.92. The Labute approximate surface area is 186 Å². The first-order valence-corrected chi connectivity index (χ1v) is 10.4. The zero-order chi connectivity index (χ0) is 22.7. The summed E-state index contributed by atoms with van der Waals surface area (Å²) in [6.07, 6.45) is 1.65. The van der Waals surface area contributed by atoms with E-state index in [1.165, 1.54) is 6.33 Å². The molecule has 2 aromatic carbocycles. The summed E-state index contributed by atoms with van der Waals surface area (Å²) in [5.74, 6) is 0.515. The average molecular weight is 434 g/mol. The van der Waals surface area contributed by atoms with Gasteiger partial charge in [0.1, 0.15) is 24.2 Å². The quantitative estimate of drug-likeness (QED) is 0.378. The number of aromatic nitrogens is 2. The molecule has 2 heterocycles. The molecule has 1 fully saturated rings. The molecule has 1 aliphatic rings. The largest absolute Gasteiger partial charge is 0.384 e. The Bertz CT molecular complexity index is 1150. The summed E-state index contributed by atoms with van der Waals surface area (Å²) in [5.41, 5.74) is 15.0. The van der Waals surface area contributed by atoms with Crippen LogP contribution in [0.1, 0.15) is 16.7 Å². The summed E-state index contributed by atoms with van der Waals surface area (Å²) in [5, 5.41) is 8.41. The molecule has 5 N–H and O–H groups in total. The molecule has 1 amide bonds. The standard InChI is InChI=1S/C23H27N7O2/c1-32-21(11-15-5-6-18-19(10-15)27-14-28-23(18)26)30-8-7-29(13-20(30)31)12-16-3-2-4-17(9-16)22(24)25/h2-6,9-10,14,21H,7-8,11-13H2,1H3,(H3,24,25)(H2,26,27,28). The topological polar surface area (TPSA) is 134 Å². The number of anilines is 1. The molecule has 9 nitrogen and oxygen atoms in total. The van der Waals surface area contributed by atoms with E-state index in [2.05, 4.69) is 14.9 Å². The van der Waals surface area contributed by atoms with Crippen LogP contribution in [0.15, 0.2) is 48.8 Å². The molecule has 1 aliphatic heterocycles. The number of ether oxygens (including phenoxy) is 1. The maximum Gasteiger partial charge on any atom is 0.238 e. The van der Waals surface area contributed by atoms with Crippen LogP contribution in [0.2, 0.25) is 0 Å². The van der Waals surface area contributed by atoms with Gasteiger partial charge in [0.15, 0.2) is 0 Å². The molecule has 1 unspecified atom stereocenters. The van der Waals surface area contributed by atoms with Crippen molar-refractivity contribution in [3.63, 3.8) is 0 Å². The molecule has 166 valence electrons. The van der Waals surface area contributed by atoms with Gasteiger partial charge in [-0.05, 0) is 29.3 Å². The normalized spacial score (nSPS) is 15.8. The van der Waals surface area contributed by atoms with E-state index >= 15 is 0 Å². The molecule has 4 rings (SSSR count). The minimum absolute atomic E-state index is 0.0261. The van der Waals surface area contributed by atoms with E-state index in [1.54, 1.807) is 12.0 Å². The number of methoxy groups -OCH3 is 1. The number of carbonyl (C=O) groups is 1. The van der Waals surface area contributed by atoms with Gasteiger partial charge in [-0.3, -0.25) is 15.1 Å². The Morgan fingerprint density at radius 1 is 1.19 bits per heavy atom. The van der Waals surface area contributed by atoms with E-state index in [9.17, 15) is 4.79 Å². The van der Waals surface area contributed by atoms with Gasteiger partial charge in [-0.15, -0.1) is 0 Å². The summed E-state index contributed by atoms with van der Waals surface area (Å²) in [4.78, 5) is 25.1. The van der Waals surface area contributed by atoms with Gasteiger partial charge in [0, 0.05) is 44.1 Å². The number of fused-ring (bicyclic) bond motifs is 1. The summed E-state index contributed by atoms with van der Waals surface area (Å²) < 4.78 is 5.69. The van der Waals surface area contributed by atoms with Crippen molar-refractivity contribution in [1.82, 2.24) is 19.8 Å². The lowest BCUT2D eigenvalue weighted by Crippen LogP contribution is -2.54. The summed E-state index contributed by atoms with van der Waals surface area (Å²) >= 11 is 0. The second kappa shape index (κ2) is 9.29. The molecule has 1 saturated heterocycles. The predicted molar refractivity (Wildman–Crippen MR) is 123 cm³/mol. The first-order valence-electron chi connectivity index (χ1n) is 10.4. The molecule has 1 aromatic heterocycles. The highest BCUT2D eigenvalue weighted by molar-refractivity contribution is 5.95. The minimum atomic E-state index is -0.359. The van der Waals surface area contributed by atoms with Crippen molar-refractivity contribution < 1.29 is 9.53 Å². The lowest BCUT2D eigenvalue weighted by Gasteiger charge is -2.38. The molecule has 0 spiro atoms. The van der Waals surface area contributed by atoms with Gasteiger partial charge >= 0.3 is 0 Å². The number of rotatable bonds is 7. The van der Waals surface area contributed by atoms with Gasteiger partial charge in [0.2, 0.25) is 5.91 Å². The summed E-state index contributed by atoms with van der Waals surface area (Å²) in [7, 11) is 1.62. The monoisotopic (exact) mass is 433 g/mol. The predicted octanol–water partition coefficient (Wildman–Crippen LogP) is 1.36. The number of hydrogen-bond donors (Lipinski definition) is 3. The average Bonchev–Trinajstić information content (AvgIpc) is 2.78. The van der Waals surface area contributed by atoms with Crippen LogP contribution in [0.4, 0.5) is 5.82 Å². The Kier molecular flexibility index (Phi) is 6.29. The molecular weight excluding hydrogens is 406 g/mol. The van der Waals surface area contributed by atoms with Crippen LogP contribution in [0.5, 0.6) is 0 Å². The Morgan fingerprint density at radius 2 is 2.03 bits per heavy atom. The molecule has 3 aromatic rings. The van der Waals surface area contributed by atoms with Crippen molar-refractivity contribution in [2.45, 2.75) is 19.2 Å². The highest BCUT2D eigenvalue weighted by Gasteiger charge is 2.30. The number of nitrogens with one attached hydrogen (secondary N) is 1. The highest BCUT2D eigenvalue weighted by Crippen LogP contribution is 2.21. The number of nitrogens with two attached hydrogens (primary N) is 2. The first kappa shape index (κ1) is 21.7. The third-order valence-corrected chi connectivity index (χ3v) is 5.74. The lowest BCUT2D eigenvalue weighted by molar-refractivity contribution is -0.150. The number of carbonyl (C=O) groups excluding carboxylic acids is 1. The molecular formula is C23H27N7O2. The molecule has 0 aliphatic carbocycles. The summed E-state index contributed by atoms with van der Waals surface area (Å²) in [6, 6.07) is 13.4. The Balaban J connectivity index is 1.41. The zero-order valence-corrected chi connectivity index (χ0v) is 18.0. The van der Waals surface area contributed by atoms with E-state index in [-0.39, 0.29) is 18.0 Å². The molecule has 9 heteroatoms. The number of nitrogen functional groups attached to an aromatic ring is 2. The Morgan fingerprint density at radius 3 is 2.78 bits per heavy atom. The minimum Gasteiger partial charge on any atom is -0.384 e. The number of nitrogens with zero attached hydrogens (tertiary/aromatic N) is 4. The number of amidine groups is 1. The van der Waals surface area contributed by atoms with Crippen molar-refractivity contribution in [2.75, 3.05) is 32.5 Å². The molecule has 0 bridgehead atoms. The number of benzene rings is 2. The van der Waals surface area contributed by atoms with Crippen LogP contribution in [-0.4, -0.2) is 64.5 Å². The van der Waals surface area contributed by atoms with Crippen molar-refractivity contribution in [1.29, 1.82) is 5.41 Å². The van der Waals surface area contributed by atoms with Crippen LogP contribution < -0.4 is 11.5 Å². The van der Waals surface area contributed by atoms with Crippen molar-refractivity contribution in [3.05, 3.63) is 65.5 Å². The number of amides is 1. The van der Waals surface area contributed by atoms with E-state index in [4.69, 9.17) is 21.6 Å². The fraction of sp³-hybridized carbons (Fsp3) is 0.304. The fourth-order valence-electron chi connectivity index (χ4n) is 4.04. The SMILES string of the molecule is COC(Cc1ccc2c(N)ncnc2c1)N1CCN(Cc2cccc(C(=N)N)c2)CC1=O. The maximum atomic E-state index is 12.9. The lowest BCUT2D eigenvalue weighted by atomic mass is 10.1. The van der Waals surface area contributed by atoms with Crippen molar-refractivity contribution in [3.8, 4) is 0 Å². The van der Waals surface area contributed by atoms with Gasteiger partial charge in [-0.2, -0.15) is 0 Å². The van der Waals surface area contributed by atoms with Gasteiger partial charge in [-0.25, -0.2) is 9.97 Å².